The van der Waals surface area contributed by atoms with Crippen LogP contribution in [0.5, 0.6) is 5.75 Å². The van der Waals surface area contributed by atoms with Crippen LogP contribution in [-0.2, 0) is 4.79 Å². The van der Waals surface area contributed by atoms with Gasteiger partial charge < -0.3 is 20.3 Å². The van der Waals surface area contributed by atoms with E-state index in [0.29, 0.717) is 29.6 Å². The van der Waals surface area contributed by atoms with Crippen molar-refractivity contribution in [3.05, 3.63) is 48.3 Å². The van der Waals surface area contributed by atoms with E-state index in [1.807, 2.05) is 13.8 Å². The fraction of sp³-hybridized carbons (Fsp3) is 0.391. The van der Waals surface area contributed by atoms with Gasteiger partial charge in [-0.05, 0) is 50.5 Å². The average molecular weight is 413 g/mol. The zero-order valence-electron chi connectivity index (χ0n) is 17.8. The molecule has 2 aromatic carbocycles. The summed E-state index contributed by atoms with van der Waals surface area (Å²) in [5.74, 6) is 0.484. The highest BCUT2D eigenvalue weighted by atomic mass is 19.1. The van der Waals surface area contributed by atoms with Gasteiger partial charge in [0.2, 0.25) is 5.91 Å². The molecule has 0 atom stereocenters. The number of rotatable bonds is 5. The second-order valence-electron chi connectivity index (χ2n) is 8.55. The van der Waals surface area contributed by atoms with Crippen molar-refractivity contribution in [1.29, 1.82) is 0 Å². The molecule has 0 spiro atoms. The highest BCUT2D eigenvalue weighted by Gasteiger charge is 2.37. The number of hydrogen-bond acceptors (Lipinski definition) is 3. The van der Waals surface area contributed by atoms with Gasteiger partial charge in [0.05, 0.1) is 16.8 Å². The number of amides is 3. The fourth-order valence-corrected chi connectivity index (χ4v) is 3.18. The van der Waals surface area contributed by atoms with Gasteiger partial charge in [-0.15, -0.1) is 0 Å². The predicted octanol–water partition coefficient (Wildman–Crippen LogP) is 5.27. The lowest BCUT2D eigenvalue weighted by atomic mass is 9.92. The molecule has 3 amide bonds. The summed E-state index contributed by atoms with van der Waals surface area (Å²) in [6, 6.07) is 10.5. The third-order valence-corrected chi connectivity index (χ3v) is 4.97. The van der Waals surface area contributed by atoms with Crippen LogP contribution in [0.25, 0.3) is 0 Å². The van der Waals surface area contributed by atoms with Crippen molar-refractivity contribution in [1.82, 2.24) is 0 Å². The first kappa shape index (κ1) is 21.6. The second kappa shape index (κ2) is 8.73. The average Bonchev–Trinajstić information content (AvgIpc) is 2.77. The van der Waals surface area contributed by atoms with Crippen LogP contribution in [0.15, 0.2) is 42.5 Å². The molecule has 30 heavy (non-hydrogen) atoms. The molecule has 0 saturated heterocycles. The van der Waals surface area contributed by atoms with Gasteiger partial charge in [-0.2, -0.15) is 0 Å². The number of hydrogen-bond donors (Lipinski definition) is 2. The number of anilines is 3. The molecule has 0 radical (unpaired) electrons. The Balaban J connectivity index is 1.81. The van der Waals surface area contributed by atoms with Crippen molar-refractivity contribution >= 4 is 29.0 Å². The van der Waals surface area contributed by atoms with Gasteiger partial charge in [0.25, 0.3) is 0 Å². The summed E-state index contributed by atoms with van der Waals surface area (Å²) in [5, 5.41) is 5.17. The Kier molecular flexibility index (Phi) is 6.29. The monoisotopic (exact) mass is 413 g/mol. The number of halogens is 1. The maximum Gasteiger partial charge on any atom is 0.323 e. The van der Waals surface area contributed by atoms with Gasteiger partial charge in [0.15, 0.2) is 0 Å². The Morgan fingerprint density at radius 3 is 2.63 bits per heavy atom. The van der Waals surface area contributed by atoms with E-state index in [0.717, 1.165) is 6.42 Å². The zero-order chi connectivity index (χ0) is 21.9. The molecule has 2 N–H and O–H groups in total. The maximum atomic E-state index is 13.7. The summed E-state index contributed by atoms with van der Waals surface area (Å²) in [5.41, 5.74) is 0.601. The van der Waals surface area contributed by atoms with E-state index in [4.69, 9.17) is 4.74 Å². The van der Waals surface area contributed by atoms with E-state index < -0.39 is 17.3 Å². The number of carbonyl (C=O) groups excluding carboxylic acids is 2. The van der Waals surface area contributed by atoms with Crippen LogP contribution in [0.2, 0.25) is 0 Å². The predicted molar refractivity (Wildman–Crippen MR) is 117 cm³/mol. The molecule has 1 heterocycles. The van der Waals surface area contributed by atoms with Crippen molar-refractivity contribution in [3.63, 3.8) is 0 Å². The molecule has 0 fully saturated rings. The number of benzene rings is 2. The number of ether oxygens (including phenoxy) is 1. The normalized spacial score (nSPS) is 15.3. The lowest BCUT2D eigenvalue weighted by Gasteiger charge is -2.28. The Morgan fingerprint density at radius 1 is 1.20 bits per heavy atom. The zero-order valence-corrected chi connectivity index (χ0v) is 17.8. The summed E-state index contributed by atoms with van der Waals surface area (Å²) < 4.78 is 19.7. The number of nitrogens with zero attached hydrogens (tertiary/aromatic N) is 1. The van der Waals surface area contributed by atoms with Crippen LogP contribution in [-0.4, -0.2) is 25.1 Å². The molecule has 1 aliphatic heterocycles. The quantitative estimate of drug-likeness (QED) is 0.702. The van der Waals surface area contributed by atoms with Gasteiger partial charge in [-0.1, -0.05) is 26.0 Å². The molecule has 3 rings (SSSR count). The van der Waals surface area contributed by atoms with Gasteiger partial charge in [-0.25, -0.2) is 9.18 Å². The molecule has 160 valence electrons. The van der Waals surface area contributed by atoms with E-state index >= 15 is 0 Å². The van der Waals surface area contributed by atoms with Crippen molar-refractivity contribution in [2.75, 3.05) is 28.7 Å². The van der Waals surface area contributed by atoms with Crippen LogP contribution in [0, 0.1) is 17.2 Å². The summed E-state index contributed by atoms with van der Waals surface area (Å²) in [7, 11) is 0. The summed E-state index contributed by atoms with van der Waals surface area (Å²) in [6.07, 6.45) is 0.867. The minimum atomic E-state index is -0.661. The molecular formula is C23H28FN3O3. The smallest absolute Gasteiger partial charge is 0.323 e. The maximum absolute atomic E-state index is 13.7. The molecule has 0 saturated carbocycles. The Labute approximate surface area is 176 Å². The van der Waals surface area contributed by atoms with Gasteiger partial charge in [-0.3, -0.25) is 4.79 Å². The highest BCUT2D eigenvalue weighted by molar-refractivity contribution is 6.02. The molecular weight excluding hydrogens is 385 g/mol. The Bertz CT molecular complexity index is 943. The first-order chi connectivity index (χ1) is 14.2. The van der Waals surface area contributed by atoms with E-state index in [1.54, 1.807) is 35.2 Å². The van der Waals surface area contributed by atoms with Gasteiger partial charge >= 0.3 is 6.03 Å². The number of para-hydroxylation sites is 1. The standard InChI is InChI=1S/C23H28FN3O3/c1-15(2)11-12-27-19-10-9-16(13-20(19)30-14-23(3,4)21(27)28)25-22(29)26-18-8-6-5-7-17(18)24/h5-10,13,15H,11-12,14H2,1-4H3,(H2,25,26,29). The number of urea groups is 1. The van der Waals surface area contributed by atoms with Gasteiger partial charge in [0, 0.05) is 18.3 Å². The molecule has 0 bridgehead atoms. The molecule has 0 aromatic heterocycles. The van der Waals surface area contributed by atoms with Crippen molar-refractivity contribution in [2.45, 2.75) is 34.1 Å². The Morgan fingerprint density at radius 2 is 1.93 bits per heavy atom. The van der Waals surface area contributed by atoms with Gasteiger partial charge in [0.1, 0.15) is 18.2 Å². The molecule has 2 aromatic rings. The number of fused-ring (bicyclic) bond motifs is 1. The van der Waals surface area contributed by atoms with Crippen LogP contribution < -0.4 is 20.3 Å². The minimum absolute atomic E-state index is 0.0138. The van der Waals surface area contributed by atoms with Crippen LogP contribution in [0.4, 0.5) is 26.2 Å². The summed E-state index contributed by atoms with van der Waals surface area (Å²) in [6.45, 7) is 8.80. The minimum Gasteiger partial charge on any atom is -0.490 e. The van der Waals surface area contributed by atoms with Crippen molar-refractivity contribution < 1.29 is 18.7 Å². The fourth-order valence-electron chi connectivity index (χ4n) is 3.18. The van der Waals surface area contributed by atoms with Crippen molar-refractivity contribution in [2.24, 2.45) is 11.3 Å². The summed E-state index contributed by atoms with van der Waals surface area (Å²) >= 11 is 0. The highest BCUT2D eigenvalue weighted by Crippen LogP contribution is 2.38. The lowest BCUT2D eigenvalue weighted by Crippen LogP contribution is -2.42. The first-order valence-corrected chi connectivity index (χ1v) is 10.1. The van der Waals surface area contributed by atoms with E-state index in [-0.39, 0.29) is 18.2 Å². The largest absolute Gasteiger partial charge is 0.490 e. The molecule has 1 aliphatic rings. The van der Waals surface area contributed by atoms with E-state index in [2.05, 4.69) is 24.5 Å². The molecule has 0 aliphatic carbocycles. The second-order valence-corrected chi connectivity index (χ2v) is 8.55. The lowest BCUT2D eigenvalue weighted by molar-refractivity contribution is -0.127. The van der Waals surface area contributed by atoms with E-state index in [9.17, 15) is 14.0 Å². The van der Waals surface area contributed by atoms with Crippen LogP contribution in [0.3, 0.4) is 0 Å². The van der Waals surface area contributed by atoms with Crippen LogP contribution in [0.1, 0.15) is 34.1 Å². The number of carbonyl (C=O) groups is 2. The SMILES string of the molecule is CC(C)CCN1C(=O)C(C)(C)COc2cc(NC(=O)Nc3ccccc3F)ccc21. The first-order valence-electron chi connectivity index (χ1n) is 10.1. The molecule has 0 unspecified atom stereocenters. The molecule has 7 heteroatoms. The van der Waals surface area contributed by atoms with Crippen molar-refractivity contribution in [3.8, 4) is 5.75 Å². The topological polar surface area (TPSA) is 70.7 Å². The number of nitrogens with one attached hydrogen (secondary N) is 2. The van der Waals surface area contributed by atoms with E-state index in [1.165, 1.54) is 12.1 Å². The molecule has 6 nitrogen and oxygen atoms in total. The Hall–Kier alpha value is -3.09. The third kappa shape index (κ3) is 4.90. The third-order valence-electron chi connectivity index (χ3n) is 4.97. The summed E-state index contributed by atoms with van der Waals surface area (Å²) in [4.78, 5) is 27.1. The van der Waals surface area contributed by atoms with Crippen LogP contribution >= 0.6 is 0 Å².